The van der Waals surface area contributed by atoms with Gasteiger partial charge in [0.25, 0.3) is 0 Å². The zero-order valence-corrected chi connectivity index (χ0v) is 16.3. The van der Waals surface area contributed by atoms with Crippen LogP contribution in [0.4, 0.5) is 5.69 Å². The third kappa shape index (κ3) is 3.78. The van der Waals surface area contributed by atoms with Gasteiger partial charge in [0.1, 0.15) is 13.2 Å². The molecule has 3 aromatic rings. The van der Waals surface area contributed by atoms with Crippen molar-refractivity contribution >= 4 is 22.4 Å². The van der Waals surface area contributed by atoms with Crippen molar-refractivity contribution in [3.8, 4) is 11.5 Å². The zero-order valence-electron chi connectivity index (χ0n) is 16.3. The second kappa shape index (κ2) is 7.76. The fourth-order valence-electron chi connectivity index (χ4n) is 4.31. The highest BCUT2D eigenvalue weighted by molar-refractivity contribution is 5.95. The predicted molar refractivity (Wildman–Crippen MR) is 114 cm³/mol. The number of nitrogens with one attached hydrogen (secondary N) is 1. The zero-order chi connectivity index (χ0) is 19.6. The van der Waals surface area contributed by atoms with E-state index in [-0.39, 0.29) is 11.9 Å². The first-order valence-corrected chi connectivity index (χ1v) is 10.2. The van der Waals surface area contributed by atoms with Crippen LogP contribution in [0.25, 0.3) is 10.8 Å². The second-order valence-corrected chi connectivity index (χ2v) is 7.64. The molecule has 1 saturated heterocycles. The van der Waals surface area contributed by atoms with Gasteiger partial charge in [0.2, 0.25) is 5.91 Å². The largest absolute Gasteiger partial charge is 0.486 e. The molecular formula is C24H24N2O3. The third-order valence-electron chi connectivity index (χ3n) is 5.69. The summed E-state index contributed by atoms with van der Waals surface area (Å²) < 4.78 is 11.4. The molecule has 1 atom stereocenters. The van der Waals surface area contributed by atoms with Gasteiger partial charge in [0.15, 0.2) is 11.5 Å². The number of likely N-dealkylation sites (tertiary alicyclic amines) is 1. The van der Waals surface area contributed by atoms with E-state index in [1.54, 1.807) is 0 Å². The van der Waals surface area contributed by atoms with Gasteiger partial charge < -0.3 is 14.8 Å². The van der Waals surface area contributed by atoms with Crippen LogP contribution in [0.2, 0.25) is 0 Å². The van der Waals surface area contributed by atoms with Crippen LogP contribution in [0.3, 0.4) is 0 Å². The molecule has 148 valence electrons. The predicted octanol–water partition coefficient (Wildman–Crippen LogP) is 4.39. The van der Waals surface area contributed by atoms with Gasteiger partial charge in [-0.05, 0) is 60.0 Å². The maximum absolute atomic E-state index is 12.7. The quantitative estimate of drug-likeness (QED) is 0.720. The Labute approximate surface area is 170 Å². The Morgan fingerprint density at radius 3 is 2.69 bits per heavy atom. The van der Waals surface area contributed by atoms with Gasteiger partial charge >= 0.3 is 0 Å². The lowest BCUT2D eigenvalue weighted by Crippen LogP contribution is -2.33. The topological polar surface area (TPSA) is 50.8 Å². The Kier molecular flexibility index (Phi) is 4.82. The summed E-state index contributed by atoms with van der Waals surface area (Å²) in [5, 5.41) is 5.35. The lowest BCUT2D eigenvalue weighted by Gasteiger charge is -2.26. The normalized spacial score (nSPS) is 18.7. The number of carbonyl (C=O) groups excluding carboxylic acids is 1. The molecule has 5 rings (SSSR count). The highest BCUT2D eigenvalue weighted by atomic mass is 16.6. The van der Waals surface area contributed by atoms with Crippen LogP contribution in [0.15, 0.2) is 60.7 Å². The smallest absolute Gasteiger partial charge is 0.238 e. The summed E-state index contributed by atoms with van der Waals surface area (Å²) in [5.41, 5.74) is 2.02. The van der Waals surface area contributed by atoms with E-state index < -0.39 is 0 Å². The number of rotatable bonds is 4. The van der Waals surface area contributed by atoms with Crippen LogP contribution in [-0.4, -0.2) is 37.1 Å². The monoisotopic (exact) mass is 388 g/mol. The summed E-state index contributed by atoms with van der Waals surface area (Å²) in [6.07, 6.45) is 2.13. The summed E-state index contributed by atoms with van der Waals surface area (Å²) in [6, 6.07) is 20.6. The van der Waals surface area contributed by atoms with Crippen molar-refractivity contribution in [2.24, 2.45) is 0 Å². The molecule has 0 spiro atoms. The highest BCUT2D eigenvalue weighted by Crippen LogP contribution is 2.37. The number of fused-ring (bicyclic) bond motifs is 2. The molecule has 2 heterocycles. The number of nitrogens with zero attached hydrogens (tertiary/aromatic N) is 1. The molecule has 0 unspecified atom stereocenters. The van der Waals surface area contributed by atoms with E-state index in [9.17, 15) is 4.79 Å². The second-order valence-electron chi connectivity index (χ2n) is 7.64. The molecule has 2 aliphatic heterocycles. The average molecular weight is 388 g/mol. The van der Waals surface area contributed by atoms with E-state index in [1.807, 2.05) is 36.4 Å². The molecule has 5 nitrogen and oxygen atoms in total. The van der Waals surface area contributed by atoms with E-state index in [1.165, 1.54) is 10.9 Å². The van der Waals surface area contributed by atoms with Crippen LogP contribution >= 0.6 is 0 Å². The Morgan fingerprint density at radius 2 is 1.79 bits per heavy atom. The van der Waals surface area contributed by atoms with Crippen molar-refractivity contribution in [1.29, 1.82) is 0 Å². The van der Waals surface area contributed by atoms with Crippen molar-refractivity contribution in [2.45, 2.75) is 18.9 Å². The first kappa shape index (κ1) is 18.0. The molecule has 0 saturated carbocycles. The van der Waals surface area contributed by atoms with Crippen LogP contribution in [-0.2, 0) is 4.79 Å². The minimum Gasteiger partial charge on any atom is -0.486 e. The molecular weight excluding hydrogens is 364 g/mol. The summed E-state index contributed by atoms with van der Waals surface area (Å²) in [4.78, 5) is 15.0. The Morgan fingerprint density at radius 1 is 0.966 bits per heavy atom. The van der Waals surface area contributed by atoms with Crippen LogP contribution in [0.5, 0.6) is 11.5 Å². The van der Waals surface area contributed by atoms with Gasteiger partial charge in [-0.3, -0.25) is 9.69 Å². The first-order valence-electron chi connectivity index (χ1n) is 10.2. The lowest BCUT2D eigenvalue weighted by molar-refractivity contribution is -0.117. The number of benzene rings is 3. The van der Waals surface area contributed by atoms with Gasteiger partial charge in [0.05, 0.1) is 6.54 Å². The standard InChI is InChI=1S/C24H24N2O3/c27-24(25-20-9-7-17-4-1-2-5-18(17)14-20)16-26-11-3-6-21(26)19-8-10-22-23(15-19)29-13-12-28-22/h1-2,4-5,7-10,14-15,21H,3,6,11-13,16H2,(H,25,27)/t21-/m0/s1. The van der Waals surface area contributed by atoms with Gasteiger partial charge in [-0.2, -0.15) is 0 Å². The number of hydrogen-bond acceptors (Lipinski definition) is 4. The first-order chi connectivity index (χ1) is 14.3. The summed E-state index contributed by atoms with van der Waals surface area (Å²) >= 11 is 0. The van der Waals surface area contributed by atoms with E-state index in [0.29, 0.717) is 19.8 Å². The molecule has 1 fully saturated rings. The van der Waals surface area contributed by atoms with Crippen molar-refractivity contribution in [1.82, 2.24) is 4.90 Å². The molecule has 0 aliphatic carbocycles. The van der Waals surface area contributed by atoms with E-state index in [4.69, 9.17) is 9.47 Å². The minimum absolute atomic E-state index is 0.0183. The van der Waals surface area contributed by atoms with E-state index in [2.05, 4.69) is 34.5 Å². The van der Waals surface area contributed by atoms with E-state index >= 15 is 0 Å². The molecule has 2 aliphatic rings. The maximum atomic E-state index is 12.7. The molecule has 0 aromatic heterocycles. The average Bonchev–Trinajstić information content (AvgIpc) is 3.21. The van der Waals surface area contributed by atoms with Crippen molar-refractivity contribution in [3.05, 3.63) is 66.2 Å². The summed E-state index contributed by atoms with van der Waals surface area (Å²) in [6.45, 7) is 2.48. The minimum atomic E-state index is 0.0183. The molecule has 1 N–H and O–H groups in total. The SMILES string of the molecule is O=C(CN1CCC[C@H]1c1ccc2c(c1)OCCO2)Nc1ccc2ccccc2c1. The van der Waals surface area contributed by atoms with Gasteiger partial charge in [0, 0.05) is 11.7 Å². The van der Waals surface area contributed by atoms with Gasteiger partial charge in [-0.15, -0.1) is 0 Å². The number of ether oxygens (including phenoxy) is 2. The van der Waals surface area contributed by atoms with Crippen LogP contribution < -0.4 is 14.8 Å². The Bertz CT molecular complexity index is 1050. The maximum Gasteiger partial charge on any atom is 0.238 e. The van der Waals surface area contributed by atoms with Crippen LogP contribution in [0.1, 0.15) is 24.4 Å². The molecule has 0 radical (unpaired) electrons. The fraction of sp³-hybridized carbons (Fsp3) is 0.292. The van der Waals surface area contributed by atoms with Crippen LogP contribution in [0, 0.1) is 0 Å². The summed E-state index contributed by atoms with van der Waals surface area (Å²) in [7, 11) is 0. The third-order valence-corrected chi connectivity index (χ3v) is 5.69. The molecule has 5 heteroatoms. The number of carbonyl (C=O) groups is 1. The number of hydrogen-bond donors (Lipinski definition) is 1. The molecule has 0 bridgehead atoms. The number of amides is 1. The molecule has 3 aromatic carbocycles. The number of anilines is 1. The van der Waals surface area contributed by atoms with Crippen molar-refractivity contribution < 1.29 is 14.3 Å². The Balaban J connectivity index is 1.28. The van der Waals surface area contributed by atoms with E-state index in [0.717, 1.165) is 42.0 Å². The fourth-order valence-corrected chi connectivity index (χ4v) is 4.31. The Hall–Kier alpha value is -3.05. The lowest BCUT2D eigenvalue weighted by atomic mass is 10.0. The van der Waals surface area contributed by atoms with Gasteiger partial charge in [-0.1, -0.05) is 36.4 Å². The van der Waals surface area contributed by atoms with Gasteiger partial charge in [-0.25, -0.2) is 0 Å². The molecule has 29 heavy (non-hydrogen) atoms. The summed E-state index contributed by atoms with van der Waals surface area (Å²) in [5.74, 6) is 1.63. The van der Waals surface area contributed by atoms with Crippen molar-refractivity contribution in [3.63, 3.8) is 0 Å². The molecule has 1 amide bonds. The highest BCUT2D eigenvalue weighted by Gasteiger charge is 2.28. The van der Waals surface area contributed by atoms with Crippen molar-refractivity contribution in [2.75, 3.05) is 31.6 Å².